The standard InChI is InChI=1S/C11H13N7O4S/c1-17(8-9(12)15-11(14)16-10(8)13)23(21,22)7-4-2-6(3-5-7)18(19)20/h2-5H,1H3,(H6,12,13,14,15,16). The summed E-state index contributed by atoms with van der Waals surface area (Å²) in [6.07, 6.45) is 0. The number of hydrogen-bond donors (Lipinski definition) is 3. The highest BCUT2D eigenvalue weighted by molar-refractivity contribution is 7.92. The first-order valence-electron chi connectivity index (χ1n) is 6.06. The molecule has 12 heteroatoms. The Kier molecular flexibility index (Phi) is 3.93. The summed E-state index contributed by atoms with van der Waals surface area (Å²) in [4.78, 5) is 17.1. The number of non-ortho nitro benzene ring substituents is 1. The second kappa shape index (κ2) is 5.57. The van der Waals surface area contributed by atoms with Crippen LogP contribution >= 0.6 is 0 Å². The van der Waals surface area contributed by atoms with Crippen LogP contribution in [-0.2, 0) is 10.0 Å². The van der Waals surface area contributed by atoms with Crippen LogP contribution in [0, 0.1) is 10.1 Å². The Labute approximate surface area is 130 Å². The fraction of sp³-hybridized carbons (Fsp3) is 0.0909. The van der Waals surface area contributed by atoms with Crippen LogP contribution in [0.4, 0.5) is 29.0 Å². The molecule has 1 heterocycles. The number of nitrogens with two attached hydrogens (primary N) is 3. The quantitative estimate of drug-likeness (QED) is 0.507. The van der Waals surface area contributed by atoms with Crippen molar-refractivity contribution in [2.75, 3.05) is 28.6 Å². The number of sulfonamides is 1. The maximum absolute atomic E-state index is 12.6. The molecule has 1 aromatic heterocycles. The monoisotopic (exact) mass is 339 g/mol. The van der Waals surface area contributed by atoms with Gasteiger partial charge in [0.25, 0.3) is 15.7 Å². The van der Waals surface area contributed by atoms with E-state index >= 15 is 0 Å². The van der Waals surface area contributed by atoms with Gasteiger partial charge in [-0.2, -0.15) is 9.97 Å². The van der Waals surface area contributed by atoms with Crippen LogP contribution in [0.25, 0.3) is 0 Å². The summed E-state index contributed by atoms with van der Waals surface area (Å²) in [5.74, 6) is -0.601. The van der Waals surface area contributed by atoms with Crippen LogP contribution < -0.4 is 21.5 Å². The smallest absolute Gasteiger partial charge is 0.269 e. The predicted molar refractivity (Wildman–Crippen MR) is 84.0 cm³/mol. The summed E-state index contributed by atoms with van der Waals surface area (Å²) >= 11 is 0. The number of anilines is 4. The van der Waals surface area contributed by atoms with Crippen molar-refractivity contribution in [2.45, 2.75) is 4.90 Å². The third-order valence-electron chi connectivity index (χ3n) is 2.98. The van der Waals surface area contributed by atoms with Gasteiger partial charge in [-0.1, -0.05) is 0 Å². The molecule has 122 valence electrons. The highest BCUT2D eigenvalue weighted by Crippen LogP contribution is 2.31. The Morgan fingerprint density at radius 3 is 2.00 bits per heavy atom. The molecule has 0 unspecified atom stereocenters. The Balaban J connectivity index is 2.49. The number of benzene rings is 1. The van der Waals surface area contributed by atoms with Crippen molar-refractivity contribution in [3.63, 3.8) is 0 Å². The zero-order valence-electron chi connectivity index (χ0n) is 11.9. The topological polar surface area (TPSA) is 184 Å². The largest absolute Gasteiger partial charge is 0.382 e. The number of nitro benzene ring substituents is 1. The first-order chi connectivity index (χ1) is 10.6. The molecule has 23 heavy (non-hydrogen) atoms. The Morgan fingerprint density at radius 2 is 1.57 bits per heavy atom. The molecule has 0 aliphatic rings. The molecule has 0 spiro atoms. The molecule has 1 aromatic carbocycles. The molecule has 0 atom stereocenters. The summed E-state index contributed by atoms with van der Waals surface area (Å²) in [7, 11) is -2.86. The summed E-state index contributed by atoms with van der Waals surface area (Å²) < 4.78 is 25.9. The SMILES string of the molecule is CN(c1c(N)nc(N)nc1N)S(=O)(=O)c1ccc([N+](=O)[O-])cc1. The molecule has 0 aliphatic carbocycles. The van der Waals surface area contributed by atoms with Crippen LogP contribution in [0.2, 0.25) is 0 Å². The molecular formula is C11H13N7O4S. The van der Waals surface area contributed by atoms with E-state index in [9.17, 15) is 18.5 Å². The van der Waals surface area contributed by atoms with Crippen molar-refractivity contribution in [2.24, 2.45) is 0 Å². The Hall–Kier alpha value is -3.15. The Morgan fingerprint density at radius 1 is 1.09 bits per heavy atom. The predicted octanol–water partition coefficient (Wildman–Crippen LogP) is -0.0435. The maximum Gasteiger partial charge on any atom is 0.269 e. The van der Waals surface area contributed by atoms with E-state index in [0.717, 1.165) is 28.6 Å². The van der Waals surface area contributed by atoms with E-state index in [1.165, 1.54) is 7.05 Å². The van der Waals surface area contributed by atoms with Crippen LogP contribution in [0.5, 0.6) is 0 Å². The van der Waals surface area contributed by atoms with Gasteiger partial charge < -0.3 is 17.2 Å². The van der Waals surface area contributed by atoms with Crippen molar-refractivity contribution >= 4 is 39.0 Å². The van der Waals surface area contributed by atoms with E-state index in [1.807, 2.05) is 0 Å². The van der Waals surface area contributed by atoms with E-state index in [1.54, 1.807) is 0 Å². The minimum absolute atomic E-state index is 0.127. The number of nitrogens with zero attached hydrogens (tertiary/aromatic N) is 4. The van der Waals surface area contributed by atoms with Gasteiger partial charge in [-0.05, 0) is 12.1 Å². The number of aromatic nitrogens is 2. The van der Waals surface area contributed by atoms with Crippen LogP contribution in [0.15, 0.2) is 29.2 Å². The highest BCUT2D eigenvalue weighted by atomic mass is 32.2. The van der Waals surface area contributed by atoms with Gasteiger partial charge in [0.1, 0.15) is 5.69 Å². The van der Waals surface area contributed by atoms with E-state index in [0.29, 0.717) is 0 Å². The first-order valence-corrected chi connectivity index (χ1v) is 7.50. The highest BCUT2D eigenvalue weighted by Gasteiger charge is 2.26. The summed E-state index contributed by atoms with van der Waals surface area (Å²) in [5.41, 5.74) is 16.3. The van der Waals surface area contributed by atoms with E-state index in [2.05, 4.69) is 9.97 Å². The summed E-state index contributed by atoms with van der Waals surface area (Å²) in [5, 5.41) is 10.6. The molecule has 2 aromatic rings. The fourth-order valence-corrected chi connectivity index (χ4v) is 3.07. The van der Waals surface area contributed by atoms with Gasteiger partial charge in [0, 0.05) is 19.2 Å². The van der Waals surface area contributed by atoms with E-state index in [4.69, 9.17) is 17.2 Å². The lowest BCUT2D eigenvalue weighted by Gasteiger charge is -2.21. The average molecular weight is 339 g/mol. The molecule has 0 radical (unpaired) electrons. The second-order valence-electron chi connectivity index (χ2n) is 4.42. The van der Waals surface area contributed by atoms with Gasteiger partial charge in [-0.25, -0.2) is 8.42 Å². The lowest BCUT2D eigenvalue weighted by atomic mass is 10.3. The molecule has 0 bridgehead atoms. The molecule has 11 nitrogen and oxygen atoms in total. The van der Waals surface area contributed by atoms with Gasteiger partial charge in [0.2, 0.25) is 5.95 Å². The van der Waals surface area contributed by atoms with Crippen molar-refractivity contribution in [1.82, 2.24) is 9.97 Å². The number of nitrogen functional groups attached to an aromatic ring is 3. The minimum atomic E-state index is -4.06. The molecular weight excluding hydrogens is 326 g/mol. The van der Waals surface area contributed by atoms with Crippen molar-refractivity contribution in [1.29, 1.82) is 0 Å². The zero-order chi connectivity index (χ0) is 17.4. The van der Waals surface area contributed by atoms with Gasteiger partial charge in [-0.3, -0.25) is 14.4 Å². The summed E-state index contributed by atoms with van der Waals surface area (Å²) in [6.45, 7) is 0. The number of hydrogen-bond acceptors (Lipinski definition) is 9. The van der Waals surface area contributed by atoms with Crippen molar-refractivity contribution < 1.29 is 13.3 Å². The van der Waals surface area contributed by atoms with Gasteiger partial charge in [0.05, 0.1) is 9.82 Å². The van der Waals surface area contributed by atoms with Gasteiger partial charge >= 0.3 is 0 Å². The van der Waals surface area contributed by atoms with Crippen LogP contribution in [0.1, 0.15) is 0 Å². The Bertz CT molecular complexity index is 843. The molecule has 2 rings (SSSR count). The van der Waals surface area contributed by atoms with Crippen LogP contribution in [0.3, 0.4) is 0 Å². The third kappa shape index (κ3) is 2.91. The fourth-order valence-electron chi connectivity index (χ4n) is 1.85. The molecule has 0 saturated carbocycles. The molecule has 0 amide bonds. The van der Waals surface area contributed by atoms with Crippen molar-refractivity contribution in [3.8, 4) is 0 Å². The molecule has 6 N–H and O–H groups in total. The average Bonchev–Trinajstić information content (AvgIpc) is 2.46. The lowest BCUT2D eigenvalue weighted by molar-refractivity contribution is -0.384. The second-order valence-corrected chi connectivity index (χ2v) is 6.39. The number of nitro groups is 1. The zero-order valence-corrected chi connectivity index (χ0v) is 12.7. The van der Waals surface area contributed by atoms with Crippen LogP contribution in [-0.4, -0.2) is 30.4 Å². The van der Waals surface area contributed by atoms with Crippen molar-refractivity contribution in [3.05, 3.63) is 34.4 Å². The third-order valence-corrected chi connectivity index (χ3v) is 4.75. The minimum Gasteiger partial charge on any atom is -0.382 e. The van der Waals surface area contributed by atoms with E-state index < -0.39 is 14.9 Å². The van der Waals surface area contributed by atoms with Gasteiger partial charge in [-0.15, -0.1) is 0 Å². The maximum atomic E-state index is 12.6. The first kappa shape index (κ1) is 16.2. The molecule has 0 saturated heterocycles. The molecule has 0 fully saturated rings. The summed E-state index contributed by atoms with van der Waals surface area (Å²) in [6, 6.07) is 4.36. The normalized spacial score (nSPS) is 11.2. The lowest BCUT2D eigenvalue weighted by Crippen LogP contribution is -2.29. The molecule has 0 aliphatic heterocycles. The number of rotatable bonds is 4. The van der Waals surface area contributed by atoms with Gasteiger partial charge in [0.15, 0.2) is 11.6 Å². The van der Waals surface area contributed by atoms with E-state index in [-0.39, 0.29) is 33.9 Å².